The van der Waals surface area contributed by atoms with Crippen molar-refractivity contribution in [3.05, 3.63) is 35.4 Å². The molecule has 2 atom stereocenters. The molecule has 2 heteroatoms. The van der Waals surface area contributed by atoms with Gasteiger partial charge in [0.15, 0.2) is 0 Å². The molecule has 1 aromatic carbocycles. The maximum atomic E-state index is 10.1. The van der Waals surface area contributed by atoms with E-state index in [1.807, 2.05) is 6.92 Å². The van der Waals surface area contributed by atoms with Crippen LogP contribution in [0.2, 0.25) is 0 Å². The Morgan fingerprint density at radius 2 is 1.94 bits per heavy atom. The summed E-state index contributed by atoms with van der Waals surface area (Å²) >= 11 is 0. The Labute approximate surface area is 104 Å². The summed E-state index contributed by atoms with van der Waals surface area (Å²) in [5.41, 5.74) is 2.42. The van der Waals surface area contributed by atoms with Gasteiger partial charge in [0.1, 0.15) is 0 Å². The van der Waals surface area contributed by atoms with Crippen LogP contribution in [0.5, 0.6) is 0 Å². The summed E-state index contributed by atoms with van der Waals surface area (Å²) in [6, 6.07) is 8.46. The second-order valence-corrected chi connectivity index (χ2v) is 5.17. The van der Waals surface area contributed by atoms with Crippen molar-refractivity contribution < 1.29 is 9.84 Å². The van der Waals surface area contributed by atoms with E-state index in [9.17, 15) is 5.11 Å². The first-order chi connectivity index (χ1) is 8.22. The lowest BCUT2D eigenvalue weighted by Crippen LogP contribution is -2.15. The molecule has 0 radical (unpaired) electrons. The van der Waals surface area contributed by atoms with E-state index in [4.69, 9.17) is 4.74 Å². The van der Waals surface area contributed by atoms with Crippen molar-refractivity contribution in [2.75, 3.05) is 13.7 Å². The van der Waals surface area contributed by atoms with E-state index in [2.05, 4.69) is 24.3 Å². The lowest BCUT2D eigenvalue weighted by Gasteiger charge is -2.26. The summed E-state index contributed by atoms with van der Waals surface area (Å²) in [5.74, 6) is 0.896. The van der Waals surface area contributed by atoms with Crippen molar-refractivity contribution in [2.24, 2.45) is 5.92 Å². The first-order valence-electron chi connectivity index (χ1n) is 6.49. The Balaban J connectivity index is 2.01. The van der Waals surface area contributed by atoms with Crippen molar-refractivity contribution in [1.29, 1.82) is 0 Å². The fourth-order valence-electron chi connectivity index (χ4n) is 2.39. The van der Waals surface area contributed by atoms with E-state index in [1.54, 1.807) is 7.11 Å². The van der Waals surface area contributed by atoms with Crippen molar-refractivity contribution in [2.45, 2.75) is 38.2 Å². The molecule has 1 aromatic rings. The van der Waals surface area contributed by atoms with Crippen LogP contribution in [0.3, 0.4) is 0 Å². The zero-order chi connectivity index (χ0) is 12.3. The maximum absolute atomic E-state index is 10.1. The van der Waals surface area contributed by atoms with E-state index in [0.29, 0.717) is 6.61 Å². The SMILES string of the molecule is COCC(C)C(O)c1ccc(C2CCC2)cc1. The monoisotopic (exact) mass is 234 g/mol. The molecule has 0 aliphatic heterocycles. The largest absolute Gasteiger partial charge is 0.388 e. The highest BCUT2D eigenvalue weighted by Crippen LogP contribution is 2.36. The quantitative estimate of drug-likeness (QED) is 0.847. The Morgan fingerprint density at radius 3 is 2.41 bits per heavy atom. The zero-order valence-electron chi connectivity index (χ0n) is 10.7. The first-order valence-corrected chi connectivity index (χ1v) is 6.49. The van der Waals surface area contributed by atoms with Gasteiger partial charge < -0.3 is 9.84 Å². The second kappa shape index (κ2) is 5.65. The number of ether oxygens (including phenoxy) is 1. The summed E-state index contributed by atoms with van der Waals surface area (Å²) in [6.45, 7) is 2.60. The van der Waals surface area contributed by atoms with Gasteiger partial charge in [-0.2, -0.15) is 0 Å². The van der Waals surface area contributed by atoms with Crippen LogP contribution in [-0.4, -0.2) is 18.8 Å². The van der Waals surface area contributed by atoms with E-state index in [0.717, 1.165) is 11.5 Å². The molecule has 0 bridgehead atoms. The molecule has 1 aliphatic rings. The molecular weight excluding hydrogens is 212 g/mol. The number of rotatable bonds is 5. The Bertz CT molecular complexity index is 340. The molecule has 94 valence electrons. The lowest BCUT2D eigenvalue weighted by atomic mass is 9.79. The molecule has 0 amide bonds. The molecule has 1 saturated carbocycles. The fraction of sp³-hybridized carbons (Fsp3) is 0.600. The van der Waals surface area contributed by atoms with Crippen LogP contribution in [0.25, 0.3) is 0 Å². The van der Waals surface area contributed by atoms with Crippen LogP contribution in [0.1, 0.15) is 49.3 Å². The van der Waals surface area contributed by atoms with Crippen LogP contribution < -0.4 is 0 Å². The Hall–Kier alpha value is -0.860. The van der Waals surface area contributed by atoms with E-state index in [1.165, 1.54) is 24.8 Å². The highest BCUT2D eigenvalue weighted by Gasteiger charge is 2.20. The van der Waals surface area contributed by atoms with Crippen LogP contribution in [-0.2, 0) is 4.74 Å². The predicted molar refractivity (Wildman–Crippen MR) is 69.0 cm³/mol. The van der Waals surface area contributed by atoms with Gasteiger partial charge in [-0.3, -0.25) is 0 Å². The molecule has 0 heterocycles. The number of hydrogen-bond donors (Lipinski definition) is 1. The Morgan fingerprint density at radius 1 is 1.29 bits per heavy atom. The number of aliphatic hydroxyl groups is 1. The van der Waals surface area contributed by atoms with Crippen LogP contribution in [0, 0.1) is 5.92 Å². The first kappa shape index (κ1) is 12.6. The molecule has 2 unspecified atom stereocenters. The van der Waals surface area contributed by atoms with Gasteiger partial charge in [-0.05, 0) is 29.9 Å². The number of hydrogen-bond acceptors (Lipinski definition) is 2. The van der Waals surface area contributed by atoms with E-state index in [-0.39, 0.29) is 5.92 Å². The standard InChI is InChI=1S/C15H22O2/c1-11(10-17-2)15(16)14-8-6-13(7-9-14)12-4-3-5-12/h6-9,11-12,15-16H,3-5,10H2,1-2H3. The van der Waals surface area contributed by atoms with E-state index < -0.39 is 6.10 Å². The van der Waals surface area contributed by atoms with Crippen molar-refractivity contribution in [3.8, 4) is 0 Å². The van der Waals surface area contributed by atoms with Gasteiger partial charge >= 0.3 is 0 Å². The molecule has 17 heavy (non-hydrogen) atoms. The third kappa shape index (κ3) is 2.88. The minimum absolute atomic E-state index is 0.134. The number of benzene rings is 1. The van der Waals surface area contributed by atoms with Crippen LogP contribution in [0.15, 0.2) is 24.3 Å². The van der Waals surface area contributed by atoms with Gasteiger partial charge in [0, 0.05) is 13.0 Å². The number of methoxy groups -OCH3 is 1. The maximum Gasteiger partial charge on any atom is 0.0837 e. The smallest absolute Gasteiger partial charge is 0.0837 e. The average Bonchev–Trinajstić information content (AvgIpc) is 2.27. The molecule has 1 fully saturated rings. The average molecular weight is 234 g/mol. The van der Waals surface area contributed by atoms with Gasteiger partial charge in [-0.25, -0.2) is 0 Å². The highest BCUT2D eigenvalue weighted by atomic mass is 16.5. The van der Waals surface area contributed by atoms with Gasteiger partial charge in [0.05, 0.1) is 12.7 Å². The summed E-state index contributed by atoms with van der Waals surface area (Å²) in [5, 5.41) is 10.1. The molecule has 1 aliphatic carbocycles. The molecule has 2 nitrogen and oxygen atoms in total. The third-order valence-corrected chi connectivity index (χ3v) is 3.82. The van der Waals surface area contributed by atoms with Crippen LogP contribution in [0.4, 0.5) is 0 Å². The molecule has 0 spiro atoms. The minimum atomic E-state index is -0.426. The lowest BCUT2D eigenvalue weighted by molar-refractivity contribution is 0.0566. The summed E-state index contributed by atoms with van der Waals surface area (Å²) in [6.07, 6.45) is 3.58. The van der Waals surface area contributed by atoms with Crippen LogP contribution >= 0.6 is 0 Å². The van der Waals surface area contributed by atoms with Gasteiger partial charge in [-0.15, -0.1) is 0 Å². The third-order valence-electron chi connectivity index (χ3n) is 3.82. The fourth-order valence-corrected chi connectivity index (χ4v) is 2.39. The zero-order valence-corrected chi connectivity index (χ0v) is 10.7. The van der Waals surface area contributed by atoms with Gasteiger partial charge in [0.25, 0.3) is 0 Å². The topological polar surface area (TPSA) is 29.5 Å². The second-order valence-electron chi connectivity index (χ2n) is 5.17. The molecule has 0 saturated heterocycles. The van der Waals surface area contributed by atoms with Gasteiger partial charge in [0.2, 0.25) is 0 Å². The molecule has 2 rings (SSSR count). The summed E-state index contributed by atoms with van der Waals surface area (Å²) < 4.78 is 5.07. The number of aliphatic hydroxyl groups excluding tert-OH is 1. The molecular formula is C15H22O2. The molecule has 1 N–H and O–H groups in total. The minimum Gasteiger partial charge on any atom is -0.388 e. The van der Waals surface area contributed by atoms with Crippen molar-refractivity contribution in [1.82, 2.24) is 0 Å². The van der Waals surface area contributed by atoms with Crippen molar-refractivity contribution >= 4 is 0 Å². The summed E-state index contributed by atoms with van der Waals surface area (Å²) in [4.78, 5) is 0. The highest BCUT2D eigenvalue weighted by molar-refractivity contribution is 5.28. The molecule has 0 aromatic heterocycles. The van der Waals surface area contributed by atoms with E-state index >= 15 is 0 Å². The Kier molecular flexibility index (Phi) is 4.19. The van der Waals surface area contributed by atoms with Gasteiger partial charge in [-0.1, -0.05) is 37.6 Å². The van der Waals surface area contributed by atoms with Crippen molar-refractivity contribution in [3.63, 3.8) is 0 Å². The summed E-state index contributed by atoms with van der Waals surface area (Å²) in [7, 11) is 1.67. The predicted octanol–water partition coefficient (Wildman–Crippen LogP) is 3.27. The normalized spacial score (nSPS) is 19.7.